The van der Waals surface area contributed by atoms with Gasteiger partial charge >= 0.3 is 0 Å². The number of pyridine rings is 3. The fourth-order valence-electron chi connectivity index (χ4n) is 1.14. The van der Waals surface area contributed by atoms with E-state index in [1.165, 1.54) is 0 Å². The lowest BCUT2D eigenvalue weighted by Gasteiger charge is -1.90. The van der Waals surface area contributed by atoms with Gasteiger partial charge in [-0.3, -0.25) is 4.98 Å². The van der Waals surface area contributed by atoms with E-state index in [1.807, 2.05) is 0 Å². The Kier molecular flexibility index (Phi) is 8.75. The third-order valence-corrected chi connectivity index (χ3v) is 3.20. The summed E-state index contributed by atoms with van der Waals surface area (Å²) in [5, 5.41) is 1.22. The van der Waals surface area contributed by atoms with E-state index >= 15 is 0 Å². The number of nitrogens with zero attached hydrogens (tertiary/aromatic N) is 3. The summed E-state index contributed by atoms with van der Waals surface area (Å²) in [4.78, 5) is 11.2. The first-order valence-corrected chi connectivity index (χ1v) is 7.41. The van der Waals surface area contributed by atoms with Gasteiger partial charge in [-0.15, -0.1) is 0 Å². The Morgan fingerprint density at radius 1 is 0.739 bits per heavy atom. The molecule has 0 aliphatic rings. The number of hydrogen-bond acceptors (Lipinski definition) is 5. The SMILES string of the molecule is Clc1cccnc1Cl.Nc1cccnc1.Nc1cccnc1Cl. The third-order valence-electron chi connectivity index (χ3n) is 2.19. The normalized spacial score (nSPS) is 9.00. The number of aromatic nitrogens is 3. The maximum atomic E-state index is 5.51. The summed E-state index contributed by atoms with van der Waals surface area (Å²) >= 11 is 16.5. The molecule has 3 heterocycles. The van der Waals surface area contributed by atoms with Crippen molar-refractivity contribution < 1.29 is 0 Å². The van der Waals surface area contributed by atoms with Gasteiger partial charge in [0.15, 0.2) is 5.15 Å². The molecule has 0 radical (unpaired) electrons. The molecule has 0 aromatic carbocycles. The molecule has 0 aliphatic heterocycles. The standard InChI is InChI=1S/C5H3Cl2N.C5H5ClN2.C5H6N2/c6-4-2-1-3-8-5(4)7;6-5-4(7)2-1-3-8-5;6-5-2-1-3-7-4-5/h1-3H;1-3H,7H2;1-4H,6H2. The monoisotopic (exact) mass is 369 g/mol. The first-order valence-electron chi connectivity index (χ1n) is 6.28. The first-order chi connectivity index (χ1) is 11.0. The summed E-state index contributed by atoms with van der Waals surface area (Å²) in [5.41, 5.74) is 11.9. The Labute approximate surface area is 149 Å². The second-order valence-electron chi connectivity index (χ2n) is 3.95. The quantitative estimate of drug-likeness (QED) is 0.573. The Balaban J connectivity index is 0.000000173. The van der Waals surface area contributed by atoms with Gasteiger partial charge in [-0.2, -0.15) is 0 Å². The van der Waals surface area contributed by atoms with Crippen LogP contribution in [0.15, 0.2) is 61.2 Å². The van der Waals surface area contributed by atoms with Crippen LogP contribution in [-0.4, -0.2) is 15.0 Å². The van der Waals surface area contributed by atoms with Crippen LogP contribution in [0, 0.1) is 0 Å². The fourth-order valence-corrected chi connectivity index (χ4v) is 1.50. The van der Waals surface area contributed by atoms with Crippen molar-refractivity contribution in [1.82, 2.24) is 15.0 Å². The number of hydrogen-bond donors (Lipinski definition) is 2. The minimum absolute atomic E-state index is 0.356. The second kappa shape index (κ2) is 10.6. The van der Waals surface area contributed by atoms with Gasteiger partial charge in [0.05, 0.1) is 16.4 Å². The first kappa shape index (κ1) is 19.0. The molecule has 120 valence electrons. The highest BCUT2D eigenvalue weighted by Gasteiger charge is 1.91. The van der Waals surface area contributed by atoms with E-state index in [0.29, 0.717) is 26.7 Å². The lowest BCUT2D eigenvalue weighted by atomic mass is 10.4. The number of anilines is 2. The van der Waals surface area contributed by atoms with Crippen LogP contribution in [0.3, 0.4) is 0 Å². The van der Waals surface area contributed by atoms with Crippen molar-refractivity contribution in [2.24, 2.45) is 0 Å². The Morgan fingerprint density at radius 2 is 1.35 bits per heavy atom. The third kappa shape index (κ3) is 8.21. The van der Waals surface area contributed by atoms with Gasteiger partial charge in [0.25, 0.3) is 0 Å². The predicted octanol–water partition coefficient (Wildman–Crippen LogP) is 4.37. The Bertz CT molecular complexity index is 625. The largest absolute Gasteiger partial charge is 0.397 e. The highest BCUT2D eigenvalue weighted by Crippen LogP contribution is 2.16. The van der Waals surface area contributed by atoms with E-state index in [-0.39, 0.29) is 0 Å². The molecule has 3 aromatic heterocycles. The van der Waals surface area contributed by atoms with Crippen LogP contribution >= 0.6 is 34.8 Å². The van der Waals surface area contributed by atoms with Crippen molar-refractivity contribution in [1.29, 1.82) is 0 Å². The summed E-state index contributed by atoms with van der Waals surface area (Å²) in [5.74, 6) is 0. The van der Waals surface area contributed by atoms with Gasteiger partial charge in [-0.05, 0) is 36.4 Å². The van der Waals surface area contributed by atoms with Gasteiger partial charge < -0.3 is 11.5 Å². The van der Waals surface area contributed by atoms with E-state index in [1.54, 1.807) is 61.2 Å². The average Bonchev–Trinajstić information content (AvgIpc) is 2.55. The van der Waals surface area contributed by atoms with Gasteiger partial charge in [0, 0.05) is 24.8 Å². The molecule has 8 heteroatoms. The van der Waals surface area contributed by atoms with Crippen molar-refractivity contribution in [3.63, 3.8) is 0 Å². The topological polar surface area (TPSA) is 90.7 Å². The van der Waals surface area contributed by atoms with Crippen molar-refractivity contribution in [2.75, 3.05) is 11.5 Å². The van der Waals surface area contributed by atoms with E-state index < -0.39 is 0 Å². The summed E-state index contributed by atoms with van der Waals surface area (Å²) in [7, 11) is 0. The molecule has 0 spiro atoms. The van der Waals surface area contributed by atoms with Crippen LogP contribution in [0.25, 0.3) is 0 Å². The molecule has 0 saturated heterocycles. The predicted molar refractivity (Wildman–Crippen MR) is 96.6 cm³/mol. The molecular weight excluding hydrogens is 357 g/mol. The highest BCUT2D eigenvalue weighted by atomic mass is 35.5. The summed E-state index contributed by atoms with van der Waals surface area (Å²) in [6.07, 6.45) is 6.49. The maximum Gasteiger partial charge on any atom is 0.151 e. The molecule has 0 saturated carbocycles. The average molecular weight is 371 g/mol. The highest BCUT2D eigenvalue weighted by molar-refractivity contribution is 6.41. The van der Waals surface area contributed by atoms with Gasteiger partial charge in [-0.1, -0.05) is 34.8 Å². The summed E-state index contributed by atoms with van der Waals surface area (Å²) < 4.78 is 0. The van der Waals surface area contributed by atoms with Crippen LogP contribution in [0.5, 0.6) is 0 Å². The Morgan fingerprint density at radius 3 is 1.65 bits per heavy atom. The number of rotatable bonds is 0. The molecule has 0 aliphatic carbocycles. The van der Waals surface area contributed by atoms with Crippen LogP contribution in [0.2, 0.25) is 15.3 Å². The maximum absolute atomic E-state index is 5.51. The smallest absolute Gasteiger partial charge is 0.151 e. The molecular formula is C15H14Cl3N5. The van der Waals surface area contributed by atoms with Crippen molar-refractivity contribution >= 4 is 46.2 Å². The van der Waals surface area contributed by atoms with Crippen LogP contribution in [-0.2, 0) is 0 Å². The number of halogens is 3. The summed E-state index contributed by atoms with van der Waals surface area (Å²) in [6.45, 7) is 0. The molecule has 3 aromatic rings. The fraction of sp³-hybridized carbons (Fsp3) is 0. The lowest BCUT2D eigenvalue weighted by molar-refractivity contribution is 1.33. The molecule has 0 fully saturated rings. The van der Waals surface area contributed by atoms with Gasteiger partial charge in [-0.25, -0.2) is 9.97 Å². The van der Waals surface area contributed by atoms with E-state index in [2.05, 4.69) is 15.0 Å². The zero-order valence-corrected chi connectivity index (χ0v) is 14.2. The van der Waals surface area contributed by atoms with Crippen molar-refractivity contribution in [2.45, 2.75) is 0 Å². The minimum Gasteiger partial charge on any atom is -0.397 e. The zero-order valence-electron chi connectivity index (χ0n) is 11.9. The van der Waals surface area contributed by atoms with Crippen LogP contribution in [0.4, 0.5) is 11.4 Å². The minimum atomic E-state index is 0.356. The van der Waals surface area contributed by atoms with E-state index in [9.17, 15) is 0 Å². The van der Waals surface area contributed by atoms with E-state index in [0.717, 1.165) is 0 Å². The van der Waals surface area contributed by atoms with Gasteiger partial charge in [0.1, 0.15) is 5.15 Å². The molecule has 0 amide bonds. The molecule has 0 bridgehead atoms. The van der Waals surface area contributed by atoms with E-state index in [4.69, 9.17) is 46.3 Å². The molecule has 23 heavy (non-hydrogen) atoms. The Hall–Kier alpha value is -2.08. The van der Waals surface area contributed by atoms with Crippen molar-refractivity contribution in [3.05, 3.63) is 76.5 Å². The van der Waals surface area contributed by atoms with Crippen molar-refractivity contribution in [3.8, 4) is 0 Å². The van der Waals surface area contributed by atoms with Crippen LogP contribution in [0.1, 0.15) is 0 Å². The molecule has 0 unspecified atom stereocenters. The van der Waals surface area contributed by atoms with Crippen LogP contribution < -0.4 is 11.5 Å². The summed E-state index contributed by atoms with van der Waals surface area (Å²) in [6, 6.07) is 10.5. The van der Waals surface area contributed by atoms with Gasteiger partial charge in [0.2, 0.25) is 0 Å². The zero-order chi connectivity index (χ0) is 17.1. The second-order valence-corrected chi connectivity index (χ2v) is 5.07. The molecule has 0 atom stereocenters. The molecule has 4 N–H and O–H groups in total. The lowest BCUT2D eigenvalue weighted by Crippen LogP contribution is -1.85. The molecule has 3 rings (SSSR count). The molecule has 5 nitrogen and oxygen atoms in total. The number of nitrogen functional groups attached to an aromatic ring is 2. The number of nitrogens with two attached hydrogens (primary N) is 2.